The number of aryl methyl sites for hydroxylation is 1. The second-order valence-electron chi connectivity index (χ2n) is 5.38. The van der Waals surface area contributed by atoms with Crippen LogP contribution in [-0.4, -0.2) is 9.38 Å². The molecule has 0 aliphatic heterocycles. The molecular weight excluding hydrogens is 300 g/mol. The zero-order valence-electron chi connectivity index (χ0n) is 11.4. The molecular formula is C16H17BrN2. The van der Waals surface area contributed by atoms with Gasteiger partial charge in [-0.2, -0.15) is 0 Å². The molecule has 0 bridgehead atoms. The minimum absolute atomic E-state index is 0.111. The van der Waals surface area contributed by atoms with Crippen molar-refractivity contribution in [2.75, 3.05) is 0 Å². The topological polar surface area (TPSA) is 17.3 Å². The van der Waals surface area contributed by atoms with E-state index >= 15 is 0 Å². The van der Waals surface area contributed by atoms with Gasteiger partial charge >= 0.3 is 0 Å². The van der Waals surface area contributed by atoms with Crippen molar-refractivity contribution in [1.82, 2.24) is 9.38 Å². The maximum absolute atomic E-state index is 4.81. The Kier molecular flexibility index (Phi) is 2.90. The lowest BCUT2D eigenvalue weighted by Crippen LogP contribution is -2.11. The molecule has 0 N–H and O–H groups in total. The quantitative estimate of drug-likeness (QED) is 0.779. The minimum atomic E-state index is 0.111. The number of imidazole rings is 1. The van der Waals surface area contributed by atoms with Gasteiger partial charge in [0.1, 0.15) is 0 Å². The second-order valence-corrected chi connectivity index (χ2v) is 6.17. The molecule has 3 rings (SSSR count). The number of rotatable bonds is 2. The van der Waals surface area contributed by atoms with Crippen molar-refractivity contribution in [1.29, 1.82) is 0 Å². The van der Waals surface area contributed by atoms with E-state index in [0.717, 1.165) is 22.2 Å². The Labute approximate surface area is 122 Å². The Morgan fingerprint density at radius 2 is 2.21 bits per heavy atom. The molecule has 2 aromatic rings. The molecule has 1 aliphatic rings. The number of fused-ring (bicyclic) bond motifs is 1. The Hall–Kier alpha value is -1.35. The summed E-state index contributed by atoms with van der Waals surface area (Å²) in [5.41, 5.74) is 4.69. The number of halogens is 1. The van der Waals surface area contributed by atoms with Crippen LogP contribution >= 0.6 is 15.9 Å². The number of allylic oxidation sites excluding steroid dienone is 4. The van der Waals surface area contributed by atoms with Gasteiger partial charge in [-0.15, -0.1) is 0 Å². The normalized spacial score (nSPS) is 22.2. The van der Waals surface area contributed by atoms with Gasteiger partial charge in [-0.3, -0.25) is 0 Å². The van der Waals surface area contributed by atoms with Crippen LogP contribution in [0.1, 0.15) is 31.5 Å². The average molecular weight is 317 g/mol. The molecule has 0 spiro atoms. The van der Waals surface area contributed by atoms with Crippen LogP contribution < -0.4 is 0 Å². The van der Waals surface area contributed by atoms with Crippen LogP contribution in [0.2, 0.25) is 0 Å². The van der Waals surface area contributed by atoms with Crippen LogP contribution in [0.5, 0.6) is 0 Å². The highest BCUT2D eigenvalue weighted by Crippen LogP contribution is 2.42. The first-order valence-electron chi connectivity index (χ1n) is 6.59. The molecule has 0 amide bonds. The molecule has 0 saturated heterocycles. The van der Waals surface area contributed by atoms with Crippen LogP contribution in [0.4, 0.5) is 0 Å². The molecule has 1 aliphatic carbocycles. The molecule has 0 saturated carbocycles. The van der Waals surface area contributed by atoms with Gasteiger partial charge in [0.2, 0.25) is 0 Å². The summed E-state index contributed by atoms with van der Waals surface area (Å²) >= 11 is 3.63. The summed E-state index contributed by atoms with van der Waals surface area (Å²) in [6.07, 6.45) is 11.9. The van der Waals surface area contributed by atoms with Gasteiger partial charge in [0.25, 0.3) is 0 Å². The predicted octanol–water partition coefficient (Wildman–Crippen LogP) is 4.77. The lowest BCUT2D eigenvalue weighted by molar-refractivity contribution is 0.556. The van der Waals surface area contributed by atoms with Gasteiger partial charge in [0.15, 0.2) is 5.65 Å². The second kappa shape index (κ2) is 4.34. The van der Waals surface area contributed by atoms with Gasteiger partial charge < -0.3 is 4.40 Å². The van der Waals surface area contributed by atoms with Crippen LogP contribution in [0.3, 0.4) is 0 Å². The minimum Gasteiger partial charge on any atom is -0.306 e. The predicted molar refractivity (Wildman–Crippen MR) is 83.1 cm³/mol. The van der Waals surface area contributed by atoms with Crippen molar-refractivity contribution in [2.45, 2.75) is 27.2 Å². The Morgan fingerprint density at radius 1 is 1.42 bits per heavy atom. The number of aromatic nitrogens is 2. The van der Waals surface area contributed by atoms with Crippen LogP contribution in [-0.2, 0) is 0 Å². The number of nitrogens with zero attached hydrogens (tertiary/aromatic N) is 2. The van der Waals surface area contributed by atoms with Gasteiger partial charge in [-0.25, -0.2) is 4.98 Å². The first kappa shape index (κ1) is 12.7. The molecule has 0 fully saturated rings. The fraction of sp³-hybridized carbons (Fsp3) is 0.312. The molecule has 2 aromatic heterocycles. The lowest BCUT2D eigenvalue weighted by Gasteiger charge is -2.23. The van der Waals surface area contributed by atoms with E-state index in [1.54, 1.807) is 0 Å². The van der Waals surface area contributed by atoms with Crippen molar-refractivity contribution in [3.05, 3.63) is 52.4 Å². The van der Waals surface area contributed by atoms with E-state index in [9.17, 15) is 0 Å². The Morgan fingerprint density at radius 3 is 2.95 bits per heavy atom. The van der Waals surface area contributed by atoms with E-state index in [2.05, 4.69) is 77.8 Å². The SMILES string of the molecule is CCC1(C)C=CC=C1c1cn2ccc(C)c(Br)c2n1. The third-order valence-electron chi connectivity index (χ3n) is 4.11. The lowest BCUT2D eigenvalue weighted by atomic mass is 9.81. The molecule has 1 unspecified atom stereocenters. The van der Waals surface area contributed by atoms with Gasteiger partial charge in [0, 0.05) is 17.8 Å². The molecule has 98 valence electrons. The van der Waals surface area contributed by atoms with Crippen molar-refractivity contribution >= 4 is 27.2 Å². The van der Waals surface area contributed by atoms with Crippen molar-refractivity contribution in [2.24, 2.45) is 5.41 Å². The summed E-state index contributed by atoms with van der Waals surface area (Å²) in [5.74, 6) is 0. The number of pyridine rings is 1. The van der Waals surface area contributed by atoms with E-state index in [-0.39, 0.29) is 5.41 Å². The van der Waals surface area contributed by atoms with Gasteiger partial charge in [-0.05, 0) is 46.5 Å². The summed E-state index contributed by atoms with van der Waals surface area (Å²) < 4.78 is 3.16. The van der Waals surface area contributed by atoms with Crippen molar-refractivity contribution in [3.63, 3.8) is 0 Å². The molecule has 0 aromatic carbocycles. The first-order valence-corrected chi connectivity index (χ1v) is 7.38. The monoisotopic (exact) mass is 316 g/mol. The fourth-order valence-corrected chi connectivity index (χ4v) is 2.99. The van der Waals surface area contributed by atoms with Crippen molar-refractivity contribution in [3.8, 4) is 0 Å². The summed E-state index contributed by atoms with van der Waals surface area (Å²) in [6.45, 7) is 6.58. The summed E-state index contributed by atoms with van der Waals surface area (Å²) in [5, 5.41) is 0. The first-order chi connectivity index (χ1) is 9.05. The van der Waals surface area contributed by atoms with E-state index in [4.69, 9.17) is 4.98 Å². The molecule has 3 heteroatoms. The van der Waals surface area contributed by atoms with E-state index in [0.29, 0.717) is 0 Å². The molecule has 2 heterocycles. The third kappa shape index (κ3) is 1.88. The number of hydrogen-bond donors (Lipinski definition) is 0. The summed E-state index contributed by atoms with van der Waals surface area (Å²) in [4.78, 5) is 4.81. The molecule has 2 nitrogen and oxygen atoms in total. The smallest absolute Gasteiger partial charge is 0.152 e. The third-order valence-corrected chi connectivity index (χ3v) is 5.09. The molecule has 1 atom stereocenters. The zero-order chi connectivity index (χ0) is 13.6. The van der Waals surface area contributed by atoms with E-state index in [1.165, 1.54) is 11.1 Å². The maximum atomic E-state index is 4.81. The highest BCUT2D eigenvalue weighted by Gasteiger charge is 2.29. The van der Waals surface area contributed by atoms with E-state index < -0.39 is 0 Å². The van der Waals surface area contributed by atoms with Crippen LogP contribution in [0.15, 0.2) is 41.2 Å². The highest BCUT2D eigenvalue weighted by molar-refractivity contribution is 9.10. The van der Waals surface area contributed by atoms with Gasteiger partial charge in [0.05, 0.1) is 10.2 Å². The fourth-order valence-electron chi connectivity index (χ4n) is 2.56. The Bertz CT molecular complexity index is 709. The van der Waals surface area contributed by atoms with Crippen molar-refractivity contribution < 1.29 is 0 Å². The highest BCUT2D eigenvalue weighted by atomic mass is 79.9. The summed E-state index contributed by atoms with van der Waals surface area (Å²) in [6, 6.07) is 2.10. The molecule has 0 radical (unpaired) electrons. The van der Waals surface area contributed by atoms with Crippen LogP contribution in [0, 0.1) is 12.3 Å². The van der Waals surface area contributed by atoms with E-state index in [1.807, 2.05) is 0 Å². The number of hydrogen-bond acceptors (Lipinski definition) is 1. The summed E-state index contributed by atoms with van der Waals surface area (Å²) in [7, 11) is 0. The molecule has 19 heavy (non-hydrogen) atoms. The Balaban J connectivity index is 2.16. The average Bonchev–Trinajstić information content (AvgIpc) is 2.98. The largest absolute Gasteiger partial charge is 0.306 e. The standard InChI is InChI=1S/C16H17BrN2/c1-4-16(3)8-5-6-12(16)13-10-19-9-7-11(2)14(17)15(19)18-13/h5-10H,4H2,1-3H3. The zero-order valence-corrected chi connectivity index (χ0v) is 13.0. The van der Waals surface area contributed by atoms with Crippen LogP contribution in [0.25, 0.3) is 11.2 Å². The van der Waals surface area contributed by atoms with Gasteiger partial charge in [-0.1, -0.05) is 32.1 Å². The maximum Gasteiger partial charge on any atom is 0.152 e.